The second-order valence-corrected chi connectivity index (χ2v) is 10.8. The van der Waals surface area contributed by atoms with Crippen LogP contribution in [-0.4, -0.2) is 65.2 Å². The molecule has 0 aliphatic carbocycles. The van der Waals surface area contributed by atoms with Crippen molar-refractivity contribution in [2.24, 2.45) is 0 Å². The van der Waals surface area contributed by atoms with Crippen LogP contribution in [0.1, 0.15) is 40.1 Å². The van der Waals surface area contributed by atoms with Crippen LogP contribution in [0, 0.1) is 0 Å². The van der Waals surface area contributed by atoms with E-state index in [0.717, 1.165) is 27.2 Å². The molecule has 1 aliphatic heterocycles. The maximum Gasteiger partial charge on any atom is 0.417 e. The predicted molar refractivity (Wildman–Crippen MR) is 167 cm³/mol. The molecular weight excluding hydrogens is 556 g/mol. The van der Waals surface area contributed by atoms with Gasteiger partial charge in [0.25, 0.3) is 11.8 Å². The van der Waals surface area contributed by atoms with E-state index >= 15 is 0 Å². The molecule has 5 rings (SSSR count). The molecule has 1 heterocycles. The fraction of sp³-hybridized carbons (Fsp3) is 0.250. The maximum atomic E-state index is 13.6. The van der Waals surface area contributed by atoms with E-state index in [9.17, 15) is 19.5 Å². The van der Waals surface area contributed by atoms with Crippen molar-refractivity contribution in [3.63, 3.8) is 0 Å². The van der Waals surface area contributed by atoms with Crippen molar-refractivity contribution in [2.45, 2.75) is 38.1 Å². The molecule has 0 radical (unpaired) electrons. The molecule has 8 nitrogen and oxygen atoms in total. The molecule has 226 valence electrons. The smallest absolute Gasteiger partial charge is 0.417 e. The van der Waals surface area contributed by atoms with E-state index in [0.29, 0.717) is 24.1 Å². The number of carbonyl (C=O) groups excluding carboxylic acids is 3. The van der Waals surface area contributed by atoms with Crippen molar-refractivity contribution in [1.29, 1.82) is 0 Å². The lowest BCUT2D eigenvalue weighted by Gasteiger charge is -2.28. The van der Waals surface area contributed by atoms with Crippen LogP contribution in [0.15, 0.2) is 109 Å². The predicted octanol–water partition coefficient (Wildman–Crippen LogP) is 5.65. The molecule has 1 unspecified atom stereocenters. The first-order chi connectivity index (χ1) is 21.4. The first-order valence-corrected chi connectivity index (χ1v) is 14.7. The van der Waals surface area contributed by atoms with Crippen LogP contribution in [0.3, 0.4) is 0 Å². The number of rotatable bonds is 11. The highest BCUT2D eigenvalue weighted by Crippen LogP contribution is 2.28. The normalized spacial score (nSPS) is 15.8. The van der Waals surface area contributed by atoms with Crippen LogP contribution >= 0.6 is 0 Å². The molecule has 3 amide bonds. The summed E-state index contributed by atoms with van der Waals surface area (Å²) in [7, 11) is 1.78. The molecule has 1 N–H and O–H groups in total. The highest BCUT2D eigenvalue weighted by Gasteiger charge is 2.43. The van der Waals surface area contributed by atoms with Crippen LogP contribution in [-0.2, 0) is 27.2 Å². The van der Waals surface area contributed by atoms with Gasteiger partial charge in [-0.1, -0.05) is 91.0 Å². The van der Waals surface area contributed by atoms with Crippen LogP contribution in [0.4, 0.5) is 4.79 Å². The monoisotopic (exact) mass is 592 g/mol. The number of amides is 3. The van der Waals surface area contributed by atoms with Gasteiger partial charge >= 0.3 is 6.09 Å². The molecule has 4 aromatic rings. The zero-order valence-corrected chi connectivity index (χ0v) is 24.8. The minimum absolute atomic E-state index is 0.0543. The largest absolute Gasteiger partial charge is 0.447 e. The Morgan fingerprint density at radius 2 is 1.57 bits per heavy atom. The topological polar surface area (TPSA) is 96.4 Å². The quantitative estimate of drug-likeness (QED) is 0.242. The summed E-state index contributed by atoms with van der Waals surface area (Å²) in [6.45, 7) is 2.43. The number of carbonyl (C=O) groups is 3. The molecule has 1 aliphatic rings. The molecule has 8 heteroatoms. The third kappa shape index (κ3) is 7.05. The summed E-state index contributed by atoms with van der Waals surface area (Å²) in [5.74, 6) is -0.685. The zero-order chi connectivity index (χ0) is 31.1. The van der Waals surface area contributed by atoms with Gasteiger partial charge in [0.05, 0.1) is 6.04 Å². The Balaban J connectivity index is 1.29. The lowest BCUT2D eigenvalue weighted by atomic mass is 9.97. The molecule has 4 aromatic carbocycles. The van der Waals surface area contributed by atoms with Gasteiger partial charge < -0.3 is 19.5 Å². The summed E-state index contributed by atoms with van der Waals surface area (Å²) in [4.78, 5) is 41.8. The molecule has 0 saturated carbocycles. The number of aliphatic hydroxyl groups is 1. The second kappa shape index (κ2) is 14.1. The first-order valence-electron chi connectivity index (χ1n) is 14.7. The Morgan fingerprint density at radius 1 is 0.909 bits per heavy atom. The molecule has 1 saturated heterocycles. The highest BCUT2D eigenvalue weighted by molar-refractivity contribution is 5.96. The van der Waals surface area contributed by atoms with E-state index in [-0.39, 0.29) is 19.1 Å². The van der Waals surface area contributed by atoms with E-state index in [4.69, 9.17) is 9.47 Å². The third-order valence-corrected chi connectivity index (χ3v) is 7.69. The Kier molecular flexibility index (Phi) is 9.84. The maximum absolute atomic E-state index is 13.6. The summed E-state index contributed by atoms with van der Waals surface area (Å²) in [5, 5.41) is 11.3. The Hall–Kier alpha value is -4.79. The minimum atomic E-state index is -1.30. The van der Waals surface area contributed by atoms with Gasteiger partial charge in [-0.05, 0) is 59.4 Å². The molecular formula is C36H36N2O6. The number of hydrogen-bond acceptors (Lipinski definition) is 6. The molecule has 44 heavy (non-hydrogen) atoms. The second-order valence-electron chi connectivity index (χ2n) is 10.8. The van der Waals surface area contributed by atoms with Crippen molar-refractivity contribution in [3.05, 3.63) is 131 Å². The van der Waals surface area contributed by atoms with Gasteiger partial charge in [0.15, 0.2) is 6.10 Å². The minimum Gasteiger partial charge on any atom is -0.447 e. The number of cyclic esters (lactones) is 1. The zero-order valence-electron chi connectivity index (χ0n) is 24.8. The summed E-state index contributed by atoms with van der Waals surface area (Å²) in [5.41, 5.74) is 4.92. The Bertz CT molecular complexity index is 1580. The average molecular weight is 593 g/mol. The molecule has 0 spiro atoms. The van der Waals surface area contributed by atoms with E-state index in [2.05, 4.69) is 0 Å². The molecule has 0 bridgehead atoms. The van der Waals surface area contributed by atoms with Crippen molar-refractivity contribution in [1.82, 2.24) is 9.80 Å². The van der Waals surface area contributed by atoms with Gasteiger partial charge in [0, 0.05) is 25.8 Å². The van der Waals surface area contributed by atoms with Crippen molar-refractivity contribution in [2.75, 3.05) is 20.3 Å². The Morgan fingerprint density at radius 3 is 2.25 bits per heavy atom. The standard InChI is InChI=1S/C36H36N2O6/c1-3-43-33(35(41)38-31(24-44-36(38)42)22-25-11-6-4-7-12-25)32(39)28-19-17-27(18-20-28)30-16-10-13-26(21-30)23-37(2)34(40)29-14-8-5-9-15-29/h4-21,31-33,39H,3,22-24H2,1-2H3/t31?,32-,33+/m1/s1. The lowest BCUT2D eigenvalue weighted by molar-refractivity contribution is -0.149. The van der Waals surface area contributed by atoms with Gasteiger partial charge in [-0.3, -0.25) is 9.59 Å². The number of ether oxygens (including phenoxy) is 2. The van der Waals surface area contributed by atoms with Crippen LogP contribution < -0.4 is 0 Å². The first kappa shape index (κ1) is 30.7. The SMILES string of the molecule is CCO[C@H](C(=O)N1C(=O)OCC1Cc1ccccc1)[C@H](O)c1ccc(-c2cccc(CN(C)C(=O)c3ccccc3)c2)cc1. The number of hydrogen-bond donors (Lipinski definition) is 1. The number of benzene rings is 4. The van der Waals surface area contributed by atoms with Gasteiger partial charge in [-0.25, -0.2) is 9.69 Å². The van der Waals surface area contributed by atoms with Gasteiger partial charge in [0.2, 0.25) is 0 Å². The molecule has 0 aromatic heterocycles. The van der Waals surface area contributed by atoms with E-state index in [1.165, 1.54) is 0 Å². The summed E-state index contributed by atoms with van der Waals surface area (Å²) in [6, 6.07) is 33.4. The van der Waals surface area contributed by atoms with E-state index < -0.39 is 30.3 Å². The number of imide groups is 1. The summed E-state index contributed by atoms with van der Waals surface area (Å²) >= 11 is 0. The van der Waals surface area contributed by atoms with Crippen LogP contribution in [0.2, 0.25) is 0 Å². The van der Waals surface area contributed by atoms with Crippen molar-refractivity contribution in [3.8, 4) is 11.1 Å². The highest BCUT2D eigenvalue weighted by atomic mass is 16.6. The van der Waals surface area contributed by atoms with E-state index in [1.807, 2.05) is 84.9 Å². The Labute approximate surface area is 257 Å². The van der Waals surface area contributed by atoms with E-state index in [1.54, 1.807) is 43.1 Å². The number of aliphatic hydroxyl groups excluding tert-OH is 1. The fourth-order valence-electron chi connectivity index (χ4n) is 5.42. The van der Waals surface area contributed by atoms with Crippen LogP contribution in [0.5, 0.6) is 0 Å². The summed E-state index contributed by atoms with van der Waals surface area (Å²) in [6.07, 6.45) is -2.88. The molecule has 3 atom stereocenters. The van der Waals surface area contributed by atoms with Gasteiger partial charge in [-0.15, -0.1) is 0 Å². The molecule has 1 fully saturated rings. The average Bonchev–Trinajstić information content (AvgIpc) is 3.42. The van der Waals surface area contributed by atoms with Crippen molar-refractivity contribution >= 4 is 17.9 Å². The lowest BCUT2D eigenvalue weighted by Crippen LogP contribution is -2.48. The third-order valence-electron chi connectivity index (χ3n) is 7.69. The van der Waals surface area contributed by atoms with Crippen molar-refractivity contribution < 1.29 is 29.0 Å². The summed E-state index contributed by atoms with van der Waals surface area (Å²) < 4.78 is 10.9. The van der Waals surface area contributed by atoms with Gasteiger partial charge in [0.1, 0.15) is 12.7 Å². The van der Waals surface area contributed by atoms with Gasteiger partial charge in [-0.2, -0.15) is 0 Å². The number of nitrogens with zero attached hydrogens (tertiary/aromatic N) is 2. The fourth-order valence-corrected chi connectivity index (χ4v) is 5.42. The van der Waals surface area contributed by atoms with Crippen LogP contribution in [0.25, 0.3) is 11.1 Å².